The predicted molar refractivity (Wildman–Crippen MR) is 57.7 cm³/mol. The van der Waals surface area contributed by atoms with Gasteiger partial charge in [0, 0.05) is 5.57 Å². The minimum absolute atomic E-state index is 0.0974. The lowest BCUT2D eigenvalue weighted by Gasteiger charge is -2.14. The van der Waals surface area contributed by atoms with E-state index in [1.54, 1.807) is 0 Å². The standard InChI is InChI=1S/C12H8F3NO2/c1-7-6-10(17)16(11(7)18)9-4-2-8(3-5-9)12(13,14)15/h2-5H,1,6H2. The molecule has 0 spiro atoms. The van der Waals surface area contributed by atoms with Gasteiger partial charge in [-0.05, 0) is 24.3 Å². The highest BCUT2D eigenvalue weighted by Gasteiger charge is 2.35. The monoisotopic (exact) mass is 255 g/mol. The topological polar surface area (TPSA) is 37.4 Å². The molecule has 1 saturated heterocycles. The van der Waals surface area contributed by atoms with Gasteiger partial charge in [0.05, 0.1) is 17.7 Å². The third kappa shape index (κ3) is 2.01. The number of hydrogen-bond acceptors (Lipinski definition) is 2. The van der Waals surface area contributed by atoms with Crippen LogP contribution in [0, 0.1) is 0 Å². The minimum atomic E-state index is -4.44. The maximum atomic E-state index is 12.4. The van der Waals surface area contributed by atoms with Crippen LogP contribution >= 0.6 is 0 Å². The lowest BCUT2D eigenvalue weighted by Crippen LogP contribution is -2.28. The van der Waals surface area contributed by atoms with Crippen LogP contribution in [0.4, 0.5) is 18.9 Å². The van der Waals surface area contributed by atoms with Crippen LogP contribution in [-0.4, -0.2) is 11.8 Å². The Bertz CT molecular complexity index is 531. The molecule has 1 heterocycles. The summed E-state index contributed by atoms with van der Waals surface area (Å²) in [5, 5.41) is 0. The lowest BCUT2D eigenvalue weighted by atomic mass is 10.2. The number of imide groups is 1. The molecule has 0 saturated carbocycles. The molecular formula is C12H8F3NO2. The third-order valence-electron chi connectivity index (χ3n) is 2.57. The number of amides is 2. The van der Waals surface area contributed by atoms with E-state index >= 15 is 0 Å². The molecule has 0 aliphatic carbocycles. The molecule has 3 nitrogen and oxygen atoms in total. The summed E-state index contributed by atoms with van der Waals surface area (Å²) < 4.78 is 37.1. The second-order valence-electron chi connectivity index (χ2n) is 3.86. The molecule has 6 heteroatoms. The number of anilines is 1. The molecule has 1 aromatic carbocycles. The molecule has 18 heavy (non-hydrogen) atoms. The van der Waals surface area contributed by atoms with E-state index in [2.05, 4.69) is 6.58 Å². The summed E-state index contributed by atoms with van der Waals surface area (Å²) in [5.74, 6) is -1.05. The maximum absolute atomic E-state index is 12.4. The fourth-order valence-electron chi connectivity index (χ4n) is 1.67. The van der Waals surface area contributed by atoms with E-state index in [0.29, 0.717) is 0 Å². The van der Waals surface area contributed by atoms with Gasteiger partial charge < -0.3 is 0 Å². The third-order valence-corrected chi connectivity index (χ3v) is 2.57. The molecule has 1 fully saturated rings. The average Bonchev–Trinajstić information content (AvgIpc) is 2.52. The largest absolute Gasteiger partial charge is 0.416 e. The minimum Gasteiger partial charge on any atom is -0.274 e. The zero-order chi connectivity index (χ0) is 13.5. The molecule has 1 aromatic rings. The second-order valence-corrected chi connectivity index (χ2v) is 3.86. The highest BCUT2D eigenvalue weighted by atomic mass is 19.4. The van der Waals surface area contributed by atoms with Crippen molar-refractivity contribution in [3.63, 3.8) is 0 Å². The number of hydrogen-bond donors (Lipinski definition) is 0. The first-order valence-electron chi connectivity index (χ1n) is 5.03. The van der Waals surface area contributed by atoms with E-state index in [9.17, 15) is 22.8 Å². The Morgan fingerprint density at radius 1 is 1.11 bits per heavy atom. The van der Waals surface area contributed by atoms with Crippen LogP contribution in [0.3, 0.4) is 0 Å². The van der Waals surface area contributed by atoms with Gasteiger partial charge in [0.1, 0.15) is 0 Å². The van der Waals surface area contributed by atoms with E-state index in [0.717, 1.165) is 29.2 Å². The van der Waals surface area contributed by atoms with Gasteiger partial charge in [-0.25, -0.2) is 4.90 Å². The van der Waals surface area contributed by atoms with E-state index in [-0.39, 0.29) is 17.7 Å². The van der Waals surface area contributed by atoms with Crippen molar-refractivity contribution in [1.29, 1.82) is 0 Å². The Hall–Kier alpha value is -2.11. The van der Waals surface area contributed by atoms with Gasteiger partial charge in [-0.1, -0.05) is 6.58 Å². The van der Waals surface area contributed by atoms with Crippen LogP contribution < -0.4 is 4.90 Å². The van der Waals surface area contributed by atoms with Gasteiger partial charge in [0.2, 0.25) is 5.91 Å². The van der Waals surface area contributed by atoms with E-state index < -0.39 is 23.6 Å². The van der Waals surface area contributed by atoms with E-state index in [1.165, 1.54) is 0 Å². The van der Waals surface area contributed by atoms with Crippen LogP contribution in [-0.2, 0) is 15.8 Å². The Labute approximate surface area is 101 Å². The van der Waals surface area contributed by atoms with Crippen molar-refractivity contribution in [2.75, 3.05) is 4.90 Å². The summed E-state index contributed by atoms with van der Waals surface area (Å²) in [6.07, 6.45) is -4.54. The Balaban J connectivity index is 2.33. The van der Waals surface area contributed by atoms with Crippen molar-refractivity contribution in [1.82, 2.24) is 0 Å². The predicted octanol–water partition coefficient (Wildman–Crippen LogP) is 2.52. The molecule has 1 aliphatic rings. The van der Waals surface area contributed by atoms with Crippen molar-refractivity contribution in [3.8, 4) is 0 Å². The lowest BCUT2D eigenvalue weighted by molar-refractivity contribution is -0.137. The van der Waals surface area contributed by atoms with Crippen molar-refractivity contribution in [3.05, 3.63) is 42.0 Å². The van der Waals surface area contributed by atoms with Gasteiger partial charge in [0.25, 0.3) is 5.91 Å². The smallest absolute Gasteiger partial charge is 0.274 e. The van der Waals surface area contributed by atoms with Gasteiger partial charge >= 0.3 is 6.18 Å². The Morgan fingerprint density at radius 3 is 2.06 bits per heavy atom. The zero-order valence-electron chi connectivity index (χ0n) is 9.12. The summed E-state index contributed by atoms with van der Waals surface area (Å²) in [5.41, 5.74) is -0.569. The highest BCUT2D eigenvalue weighted by molar-refractivity contribution is 6.27. The Kier molecular flexibility index (Phi) is 2.73. The van der Waals surface area contributed by atoms with Crippen molar-refractivity contribution in [2.24, 2.45) is 0 Å². The van der Waals surface area contributed by atoms with Crippen LogP contribution in [0.25, 0.3) is 0 Å². The van der Waals surface area contributed by atoms with Gasteiger partial charge in [-0.15, -0.1) is 0 Å². The first-order valence-corrected chi connectivity index (χ1v) is 5.03. The van der Waals surface area contributed by atoms with Crippen LogP contribution in [0.1, 0.15) is 12.0 Å². The molecule has 0 radical (unpaired) electrons. The SMILES string of the molecule is C=C1CC(=O)N(c2ccc(C(F)(F)F)cc2)C1=O. The number of alkyl halides is 3. The van der Waals surface area contributed by atoms with Crippen molar-refractivity contribution < 1.29 is 22.8 Å². The van der Waals surface area contributed by atoms with Gasteiger partial charge in [0.15, 0.2) is 0 Å². The number of carbonyl (C=O) groups excluding carboxylic acids is 2. The summed E-state index contributed by atoms with van der Waals surface area (Å²) in [6.45, 7) is 3.43. The van der Waals surface area contributed by atoms with Gasteiger partial charge in [-0.2, -0.15) is 13.2 Å². The maximum Gasteiger partial charge on any atom is 0.416 e. The van der Waals surface area contributed by atoms with E-state index in [4.69, 9.17) is 0 Å². The quantitative estimate of drug-likeness (QED) is 0.571. The van der Waals surface area contributed by atoms with Crippen LogP contribution in [0.2, 0.25) is 0 Å². The molecule has 0 bridgehead atoms. The number of rotatable bonds is 1. The summed E-state index contributed by atoms with van der Waals surface area (Å²) in [4.78, 5) is 23.9. The molecule has 0 unspecified atom stereocenters. The van der Waals surface area contributed by atoms with Crippen molar-refractivity contribution in [2.45, 2.75) is 12.6 Å². The first kappa shape index (κ1) is 12.3. The molecule has 0 atom stereocenters. The van der Waals surface area contributed by atoms with Gasteiger partial charge in [-0.3, -0.25) is 9.59 Å². The molecule has 2 amide bonds. The molecule has 2 rings (SSSR count). The second kappa shape index (κ2) is 3.97. The first-order chi connectivity index (χ1) is 8.30. The summed E-state index contributed by atoms with van der Waals surface area (Å²) in [6, 6.07) is 3.85. The number of carbonyl (C=O) groups is 2. The highest BCUT2D eigenvalue weighted by Crippen LogP contribution is 2.32. The number of nitrogens with zero attached hydrogens (tertiary/aromatic N) is 1. The summed E-state index contributed by atoms with van der Waals surface area (Å²) >= 11 is 0. The van der Waals surface area contributed by atoms with Crippen molar-refractivity contribution >= 4 is 17.5 Å². The number of benzene rings is 1. The fraction of sp³-hybridized carbons (Fsp3) is 0.167. The molecule has 0 N–H and O–H groups in total. The zero-order valence-corrected chi connectivity index (χ0v) is 9.12. The molecular weight excluding hydrogens is 247 g/mol. The van der Waals surface area contributed by atoms with Crippen LogP contribution in [0.5, 0.6) is 0 Å². The summed E-state index contributed by atoms with van der Waals surface area (Å²) in [7, 11) is 0. The molecule has 1 aliphatic heterocycles. The van der Waals surface area contributed by atoms with E-state index in [1.807, 2.05) is 0 Å². The fourth-order valence-corrected chi connectivity index (χ4v) is 1.67. The van der Waals surface area contributed by atoms with Crippen LogP contribution in [0.15, 0.2) is 36.4 Å². The number of halogens is 3. The normalized spacial score (nSPS) is 16.6. The molecule has 0 aromatic heterocycles. The molecule has 94 valence electrons. The average molecular weight is 255 g/mol. The Morgan fingerprint density at radius 2 is 1.67 bits per heavy atom.